The van der Waals surface area contributed by atoms with Gasteiger partial charge in [0.2, 0.25) is 5.91 Å². The van der Waals surface area contributed by atoms with Gasteiger partial charge in [0.1, 0.15) is 0 Å². The summed E-state index contributed by atoms with van der Waals surface area (Å²) in [5, 5.41) is 3.35. The molecule has 1 N–H and O–H groups in total. The maximum atomic E-state index is 11.7. The zero-order valence-corrected chi connectivity index (χ0v) is 14.2. The summed E-state index contributed by atoms with van der Waals surface area (Å²) in [6.45, 7) is 16.8. The van der Waals surface area contributed by atoms with Gasteiger partial charge in [-0.15, -0.1) is 0 Å². The summed E-state index contributed by atoms with van der Waals surface area (Å²) in [6, 6.07) is 0.273. The Morgan fingerprint density at radius 1 is 1.43 bits per heavy atom. The molecule has 1 fully saturated rings. The molecule has 0 spiro atoms. The first-order chi connectivity index (χ1) is 9.82. The molecular weight excluding hydrogens is 280 g/mol. The standard InChI is InChI=1S/C17H28N2OS/c1-12(2)14(4)18-13(3)9-7-6-8-10-19-15(5)16(21)11-17(19)20/h14,16,18,21H,1,3,5-11H2,2,4H3. The Morgan fingerprint density at radius 2 is 2.10 bits per heavy atom. The van der Waals surface area contributed by atoms with Crippen LogP contribution in [0.1, 0.15) is 46.0 Å². The molecule has 0 aromatic rings. The van der Waals surface area contributed by atoms with Crippen molar-refractivity contribution >= 4 is 18.5 Å². The number of hydrogen-bond donors (Lipinski definition) is 2. The lowest BCUT2D eigenvalue weighted by molar-refractivity contribution is -0.126. The number of carbonyl (C=O) groups is 1. The molecule has 1 aliphatic rings. The van der Waals surface area contributed by atoms with Crippen molar-refractivity contribution in [2.75, 3.05) is 6.54 Å². The van der Waals surface area contributed by atoms with Gasteiger partial charge in [-0.3, -0.25) is 4.79 Å². The smallest absolute Gasteiger partial charge is 0.228 e. The fourth-order valence-electron chi connectivity index (χ4n) is 2.29. The lowest BCUT2D eigenvalue weighted by Gasteiger charge is -2.19. The predicted octanol–water partition coefficient (Wildman–Crippen LogP) is 3.66. The van der Waals surface area contributed by atoms with Crippen LogP contribution in [0.2, 0.25) is 0 Å². The minimum atomic E-state index is 0.00473. The molecule has 21 heavy (non-hydrogen) atoms. The van der Waals surface area contributed by atoms with Crippen molar-refractivity contribution in [3.63, 3.8) is 0 Å². The molecule has 1 amide bonds. The van der Waals surface area contributed by atoms with E-state index < -0.39 is 0 Å². The fourth-order valence-corrected chi connectivity index (χ4v) is 2.58. The zero-order valence-electron chi connectivity index (χ0n) is 13.3. The highest BCUT2D eigenvalue weighted by Gasteiger charge is 2.30. The number of rotatable bonds is 9. The maximum Gasteiger partial charge on any atom is 0.228 e. The average molecular weight is 308 g/mol. The molecule has 0 saturated carbocycles. The number of hydrogen-bond acceptors (Lipinski definition) is 3. The molecule has 1 heterocycles. The minimum Gasteiger partial charge on any atom is -0.383 e. The molecule has 4 heteroatoms. The average Bonchev–Trinajstić information content (AvgIpc) is 2.64. The van der Waals surface area contributed by atoms with Crippen LogP contribution in [0.3, 0.4) is 0 Å². The van der Waals surface area contributed by atoms with Crippen LogP contribution in [0.4, 0.5) is 0 Å². The number of thiol groups is 1. The third-order valence-corrected chi connectivity index (χ3v) is 4.40. The molecule has 0 bridgehead atoms. The number of unbranched alkanes of at least 4 members (excludes halogenated alkanes) is 2. The molecule has 0 aromatic carbocycles. The molecule has 0 aliphatic carbocycles. The first kappa shape index (κ1) is 17.9. The van der Waals surface area contributed by atoms with Crippen LogP contribution in [0, 0.1) is 0 Å². The number of allylic oxidation sites excluding steroid dienone is 1. The van der Waals surface area contributed by atoms with E-state index in [9.17, 15) is 4.79 Å². The van der Waals surface area contributed by atoms with Gasteiger partial charge >= 0.3 is 0 Å². The van der Waals surface area contributed by atoms with E-state index in [0.717, 1.165) is 49.2 Å². The van der Waals surface area contributed by atoms with Crippen molar-refractivity contribution in [1.29, 1.82) is 0 Å². The summed E-state index contributed by atoms with van der Waals surface area (Å²) in [7, 11) is 0. The Bertz CT molecular complexity index is 431. The molecule has 118 valence electrons. The lowest BCUT2D eigenvalue weighted by Crippen LogP contribution is -2.25. The number of nitrogens with one attached hydrogen (secondary N) is 1. The highest BCUT2D eigenvalue weighted by Crippen LogP contribution is 2.26. The van der Waals surface area contributed by atoms with Gasteiger partial charge in [-0.1, -0.05) is 31.7 Å². The molecule has 1 rings (SSSR count). The van der Waals surface area contributed by atoms with Crippen LogP contribution in [0.5, 0.6) is 0 Å². The van der Waals surface area contributed by atoms with Gasteiger partial charge in [0.25, 0.3) is 0 Å². The molecule has 0 aromatic heterocycles. The second-order valence-corrected chi connectivity index (χ2v) is 6.51. The van der Waals surface area contributed by atoms with Crippen molar-refractivity contribution in [3.05, 3.63) is 36.7 Å². The van der Waals surface area contributed by atoms with Gasteiger partial charge in [-0.05, 0) is 33.1 Å². The Hall–Kier alpha value is -1.16. The van der Waals surface area contributed by atoms with Crippen molar-refractivity contribution < 1.29 is 4.79 Å². The van der Waals surface area contributed by atoms with Crippen molar-refractivity contribution in [2.45, 2.75) is 57.2 Å². The Kier molecular flexibility index (Phi) is 7.09. The maximum absolute atomic E-state index is 11.7. The second-order valence-electron chi connectivity index (χ2n) is 5.88. The van der Waals surface area contributed by atoms with E-state index in [1.54, 1.807) is 4.90 Å². The molecule has 2 unspecified atom stereocenters. The zero-order chi connectivity index (χ0) is 16.0. The molecule has 1 saturated heterocycles. The van der Waals surface area contributed by atoms with E-state index in [-0.39, 0.29) is 17.2 Å². The quantitative estimate of drug-likeness (QED) is 0.387. The van der Waals surface area contributed by atoms with Crippen molar-refractivity contribution in [2.24, 2.45) is 0 Å². The summed E-state index contributed by atoms with van der Waals surface area (Å²) >= 11 is 4.36. The van der Waals surface area contributed by atoms with Gasteiger partial charge in [-0.25, -0.2) is 0 Å². The number of likely N-dealkylation sites (tertiary alicyclic amines) is 1. The van der Waals surface area contributed by atoms with Gasteiger partial charge in [0, 0.05) is 30.4 Å². The third-order valence-electron chi connectivity index (χ3n) is 3.92. The van der Waals surface area contributed by atoms with E-state index in [2.05, 4.69) is 44.6 Å². The van der Waals surface area contributed by atoms with E-state index in [0.29, 0.717) is 6.42 Å². The highest BCUT2D eigenvalue weighted by molar-refractivity contribution is 7.81. The van der Waals surface area contributed by atoms with Crippen LogP contribution < -0.4 is 5.32 Å². The summed E-state index contributed by atoms with van der Waals surface area (Å²) < 4.78 is 0. The minimum absolute atomic E-state index is 0.00473. The number of nitrogens with zero attached hydrogens (tertiary/aromatic N) is 1. The lowest BCUT2D eigenvalue weighted by atomic mass is 10.1. The van der Waals surface area contributed by atoms with Crippen LogP contribution in [-0.2, 0) is 4.79 Å². The van der Waals surface area contributed by atoms with Gasteiger partial charge in [0.15, 0.2) is 0 Å². The van der Waals surface area contributed by atoms with Crippen LogP contribution in [0.15, 0.2) is 36.7 Å². The summed E-state index contributed by atoms with van der Waals surface area (Å²) in [5.41, 5.74) is 3.02. The Morgan fingerprint density at radius 3 is 2.62 bits per heavy atom. The largest absolute Gasteiger partial charge is 0.383 e. The van der Waals surface area contributed by atoms with E-state index in [4.69, 9.17) is 0 Å². The summed E-state index contributed by atoms with van der Waals surface area (Å²) in [6.07, 6.45) is 4.60. The summed E-state index contributed by atoms with van der Waals surface area (Å²) in [5.74, 6) is 0.154. The van der Waals surface area contributed by atoms with E-state index >= 15 is 0 Å². The molecule has 3 nitrogen and oxygen atoms in total. The Labute approximate surface area is 134 Å². The first-order valence-electron chi connectivity index (χ1n) is 7.60. The Balaban J connectivity index is 2.15. The van der Waals surface area contributed by atoms with Crippen LogP contribution >= 0.6 is 12.6 Å². The highest BCUT2D eigenvalue weighted by atomic mass is 32.1. The van der Waals surface area contributed by atoms with Crippen LogP contribution in [0.25, 0.3) is 0 Å². The van der Waals surface area contributed by atoms with E-state index in [1.165, 1.54) is 0 Å². The fraction of sp³-hybridized carbons (Fsp3) is 0.588. The van der Waals surface area contributed by atoms with Gasteiger partial charge in [0.05, 0.1) is 5.25 Å². The number of carbonyl (C=O) groups excluding carboxylic acids is 1. The monoisotopic (exact) mass is 308 g/mol. The third kappa shape index (κ3) is 5.62. The van der Waals surface area contributed by atoms with E-state index in [1.807, 2.05) is 6.92 Å². The van der Waals surface area contributed by atoms with Crippen molar-refractivity contribution in [3.8, 4) is 0 Å². The SMILES string of the molecule is C=C(CCCCCN1C(=C)C(S)CC1=O)NC(C)C(=C)C. The number of amides is 1. The van der Waals surface area contributed by atoms with Crippen LogP contribution in [-0.4, -0.2) is 28.6 Å². The first-order valence-corrected chi connectivity index (χ1v) is 8.11. The van der Waals surface area contributed by atoms with Gasteiger partial charge in [-0.2, -0.15) is 12.6 Å². The predicted molar refractivity (Wildman–Crippen MR) is 93.3 cm³/mol. The van der Waals surface area contributed by atoms with Crippen molar-refractivity contribution in [1.82, 2.24) is 10.2 Å². The molecule has 0 radical (unpaired) electrons. The summed E-state index contributed by atoms with van der Waals surface area (Å²) in [4.78, 5) is 13.5. The molecule has 1 aliphatic heterocycles. The normalized spacial score (nSPS) is 19.8. The second kappa shape index (κ2) is 8.32. The topological polar surface area (TPSA) is 32.3 Å². The molecule has 2 atom stereocenters. The van der Waals surface area contributed by atoms with Gasteiger partial charge < -0.3 is 10.2 Å². The molecular formula is C17H28N2OS.